The van der Waals surface area contributed by atoms with E-state index >= 15 is 0 Å². The van der Waals surface area contributed by atoms with E-state index in [9.17, 15) is 0 Å². The zero-order chi connectivity index (χ0) is 64.2. The van der Waals surface area contributed by atoms with Gasteiger partial charge in [-0.25, -0.2) is 29.9 Å². The first-order valence-electron chi connectivity index (χ1n) is 33.2. The SMILES string of the molecule is c1ccc(-c2nc(-c3ccccc3)nc(-c3cccc(-c4cccc5c4-c4ccccc4C54c5ccccc5-c5c4sc4cccc(-c6ccc(-c7nc(-c8ccccc8)nc(-c8ccc9c(c8)-c8ccccc8C98c9ccccc9-c9c8sc8ccccc98)n7)cc6)c54)c3)n2)cc1. The number of rotatable bonds is 8. The third-order valence-corrected chi connectivity index (χ3v) is 23.4. The van der Waals surface area contributed by atoms with Crippen molar-refractivity contribution in [3.63, 3.8) is 0 Å². The molecular weight excluding hydrogens is 1230 g/mol. The van der Waals surface area contributed by atoms with Crippen LogP contribution in [0.5, 0.6) is 0 Å². The van der Waals surface area contributed by atoms with Gasteiger partial charge in [0.25, 0.3) is 0 Å². The molecule has 0 saturated heterocycles. The monoisotopic (exact) mass is 1280 g/mol. The molecule has 17 aromatic rings. The molecule has 8 heteroatoms. The molecule has 0 bridgehead atoms. The summed E-state index contributed by atoms with van der Waals surface area (Å²) in [6, 6.07) is 114. The summed E-state index contributed by atoms with van der Waals surface area (Å²) in [6.07, 6.45) is 0. The standard InChI is InChI=1S/C90H52N6S2/c1-4-23-54(24-5-1)83-91-84(55-25-6-2-7-26-55)94-87(93-83)59-30-20-29-58(51-59)62-36-21-42-74-77(62)64-32-11-16-39-70(64)90(74)72-41-18-13-34-66(72)80-79-61(37-22-44-76(79)98-82(80)90)53-45-47-57(48-46-53)86-92-85(56-27-8-3-9-28-56)95-88(96-86)60-49-50-73-68(52-60)63-31-10-15-38-69(63)89(73)71-40-17-12-33-65(71)78-67-35-14-19-43-75(67)97-81(78)89/h1-52H. The fourth-order valence-corrected chi connectivity index (χ4v) is 19.7. The summed E-state index contributed by atoms with van der Waals surface area (Å²) in [5.74, 6) is 3.77. The molecule has 0 aliphatic heterocycles. The largest absolute Gasteiger partial charge is 0.208 e. The van der Waals surface area contributed by atoms with Gasteiger partial charge < -0.3 is 0 Å². The van der Waals surface area contributed by atoms with Gasteiger partial charge in [0.05, 0.1) is 10.8 Å². The van der Waals surface area contributed by atoms with Crippen LogP contribution in [0.3, 0.4) is 0 Å². The van der Waals surface area contributed by atoms with Crippen LogP contribution in [-0.2, 0) is 10.8 Å². The summed E-state index contributed by atoms with van der Waals surface area (Å²) in [4.78, 5) is 34.0. The molecule has 4 heterocycles. The van der Waals surface area contributed by atoms with Gasteiger partial charge in [0.1, 0.15) is 0 Å². The van der Waals surface area contributed by atoms with E-state index < -0.39 is 10.8 Å². The first kappa shape index (κ1) is 55.1. The average Bonchev–Trinajstić information content (AvgIpc) is 1.51. The van der Waals surface area contributed by atoms with E-state index in [1.807, 2.05) is 77.3 Å². The maximum absolute atomic E-state index is 5.41. The lowest BCUT2D eigenvalue weighted by molar-refractivity contribution is 0.811. The van der Waals surface area contributed by atoms with E-state index in [4.69, 9.17) is 29.9 Å². The first-order valence-corrected chi connectivity index (χ1v) is 34.9. The lowest BCUT2D eigenvalue weighted by Crippen LogP contribution is -2.24. The van der Waals surface area contributed by atoms with E-state index in [0.717, 1.165) is 50.1 Å². The highest BCUT2D eigenvalue weighted by atomic mass is 32.1. The van der Waals surface area contributed by atoms with Crippen LogP contribution in [0.1, 0.15) is 43.1 Å². The summed E-state index contributed by atoms with van der Waals surface area (Å²) in [6.45, 7) is 0. The molecule has 0 N–H and O–H groups in total. The van der Waals surface area contributed by atoms with Gasteiger partial charge in [0.2, 0.25) is 0 Å². The molecule has 6 nitrogen and oxygen atoms in total. The molecule has 454 valence electrons. The van der Waals surface area contributed by atoms with Gasteiger partial charge in [-0.15, -0.1) is 22.7 Å². The van der Waals surface area contributed by atoms with Crippen molar-refractivity contribution in [3.05, 3.63) is 359 Å². The lowest BCUT2D eigenvalue weighted by Gasteiger charge is -2.29. The Bertz CT molecular complexity index is 6140. The van der Waals surface area contributed by atoms with Crippen LogP contribution in [0, 0.1) is 0 Å². The fraction of sp³-hybridized carbons (Fsp3) is 0.0222. The zero-order valence-electron chi connectivity index (χ0n) is 52.5. The molecular formula is C90H52N6S2. The number of benzene rings is 13. The second-order valence-electron chi connectivity index (χ2n) is 25.8. The van der Waals surface area contributed by atoms with Crippen molar-refractivity contribution < 1.29 is 0 Å². The number of thiophene rings is 2. The van der Waals surface area contributed by atoms with Crippen LogP contribution in [0.2, 0.25) is 0 Å². The maximum atomic E-state index is 5.41. The molecule has 98 heavy (non-hydrogen) atoms. The Hall–Kier alpha value is -12.2. The topological polar surface area (TPSA) is 77.3 Å². The van der Waals surface area contributed by atoms with Gasteiger partial charge in [-0.3, -0.25) is 0 Å². The Morgan fingerprint density at radius 3 is 1.17 bits per heavy atom. The van der Waals surface area contributed by atoms with Crippen LogP contribution in [-0.4, -0.2) is 29.9 Å². The quantitative estimate of drug-likeness (QED) is 0.151. The summed E-state index contributed by atoms with van der Waals surface area (Å²) >= 11 is 3.86. The summed E-state index contributed by atoms with van der Waals surface area (Å²) in [7, 11) is 0. The molecule has 2 atom stereocenters. The van der Waals surface area contributed by atoms with Gasteiger partial charge in [0.15, 0.2) is 34.9 Å². The number of hydrogen-bond donors (Lipinski definition) is 0. The minimum Gasteiger partial charge on any atom is -0.208 e. The summed E-state index contributed by atoms with van der Waals surface area (Å²) in [5.41, 5.74) is 27.1. The molecule has 0 radical (unpaired) electrons. The molecule has 13 aromatic carbocycles. The van der Waals surface area contributed by atoms with E-state index in [2.05, 4.69) is 261 Å². The Balaban J connectivity index is 0.677. The second-order valence-corrected chi connectivity index (χ2v) is 27.9. The van der Waals surface area contributed by atoms with Crippen LogP contribution in [0.15, 0.2) is 315 Å². The van der Waals surface area contributed by atoms with Crippen LogP contribution < -0.4 is 0 Å². The molecule has 4 aliphatic carbocycles. The normalized spacial score (nSPS) is 15.4. The average molecular weight is 1280 g/mol. The summed E-state index contributed by atoms with van der Waals surface area (Å²) < 4.78 is 2.56. The predicted octanol–water partition coefficient (Wildman–Crippen LogP) is 22.5. The fourth-order valence-electron chi connectivity index (χ4n) is 16.8. The van der Waals surface area contributed by atoms with E-state index in [1.54, 1.807) is 0 Å². The second kappa shape index (κ2) is 21.1. The van der Waals surface area contributed by atoms with Crippen molar-refractivity contribution in [2.24, 2.45) is 0 Å². The highest BCUT2D eigenvalue weighted by Crippen LogP contribution is 2.69. The molecule has 0 saturated carbocycles. The molecule has 0 fully saturated rings. The Kier molecular flexibility index (Phi) is 11.9. The molecule has 2 unspecified atom stereocenters. The Morgan fingerprint density at radius 1 is 0.204 bits per heavy atom. The van der Waals surface area contributed by atoms with Crippen molar-refractivity contribution in [1.29, 1.82) is 0 Å². The number of hydrogen-bond acceptors (Lipinski definition) is 8. The maximum Gasteiger partial charge on any atom is 0.164 e. The van der Waals surface area contributed by atoms with Crippen LogP contribution in [0.25, 0.3) is 155 Å². The molecule has 21 rings (SSSR count). The van der Waals surface area contributed by atoms with Gasteiger partial charge in [-0.05, 0) is 113 Å². The Labute approximate surface area is 573 Å². The van der Waals surface area contributed by atoms with Crippen molar-refractivity contribution in [1.82, 2.24) is 29.9 Å². The number of nitrogens with zero attached hydrogens (tertiary/aromatic N) is 6. The lowest BCUT2D eigenvalue weighted by atomic mass is 9.73. The van der Waals surface area contributed by atoms with E-state index in [-0.39, 0.29) is 0 Å². The predicted molar refractivity (Wildman–Crippen MR) is 400 cm³/mol. The minimum atomic E-state index is -0.569. The molecule has 0 amide bonds. The highest BCUT2D eigenvalue weighted by Gasteiger charge is 2.55. The molecule has 4 aromatic heterocycles. The highest BCUT2D eigenvalue weighted by molar-refractivity contribution is 7.20. The molecule has 4 aliphatic rings. The third kappa shape index (κ3) is 7.78. The van der Waals surface area contributed by atoms with Crippen LogP contribution >= 0.6 is 22.7 Å². The number of fused-ring (bicyclic) bond motifs is 24. The summed E-state index contributed by atoms with van der Waals surface area (Å²) in [5, 5.41) is 2.58. The van der Waals surface area contributed by atoms with Crippen molar-refractivity contribution in [3.8, 4) is 135 Å². The molecule has 2 spiro atoms. The van der Waals surface area contributed by atoms with Gasteiger partial charge >= 0.3 is 0 Å². The van der Waals surface area contributed by atoms with Gasteiger partial charge in [-0.1, -0.05) is 291 Å². The van der Waals surface area contributed by atoms with Crippen molar-refractivity contribution in [2.45, 2.75) is 10.8 Å². The first-order chi connectivity index (χ1) is 48.6. The van der Waals surface area contributed by atoms with E-state index in [1.165, 1.54) is 113 Å². The van der Waals surface area contributed by atoms with Crippen molar-refractivity contribution in [2.75, 3.05) is 0 Å². The van der Waals surface area contributed by atoms with E-state index in [0.29, 0.717) is 34.9 Å². The Morgan fingerprint density at radius 2 is 0.561 bits per heavy atom. The third-order valence-electron chi connectivity index (χ3n) is 20.8. The van der Waals surface area contributed by atoms with Crippen LogP contribution in [0.4, 0.5) is 0 Å². The zero-order valence-corrected chi connectivity index (χ0v) is 54.2. The smallest absolute Gasteiger partial charge is 0.164 e. The number of aromatic nitrogens is 6. The van der Waals surface area contributed by atoms with Gasteiger partial charge in [-0.2, -0.15) is 0 Å². The van der Waals surface area contributed by atoms with Gasteiger partial charge in [0, 0.05) is 74.4 Å². The minimum absolute atomic E-state index is 0.451. The van der Waals surface area contributed by atoms with Crippen molar-refractivity contribution >= 4 is 42.8 Å².